The van der Waals surface area contributed by atoms with Crippen LogP contribution >= 0.6 is 23.1 Å². The van der Waals surface area contributed by atoms with E-state index in [1.807, 2.05) is 35.9 Å². The van der Waals surface area contributed by atoms with Gasteiger partial charge in [-0.15, -0.1) is 21.5 Å². The van der Waals surface area contributed by atoms with Gasteiger partial charge in [0.05, 0.1) is 32.1 Å². The van der Waals surface area contributed by atoms with Gasteiger partial charge in [-0.2, -0.15) is 0 Å². The van der Waals surface area contributed by atoms with Gasteiger partial charge in [-0.1, -0.05) is 23.9 Å². The molecule has 0 bridgehead atoms. The van der Waals surface area contributed by atoms with E-state index in [4.69, 9.17) is 4.74 Å². The Morgan fingerprint density at radius 2 is 2.10 bits per heavy atom. The van der Waals surface area contributed by atoms with E-state index in [-0.39, 0.29) is 24.1 Å². The van der Waals surface area contributed by atoms with Crippen LogP contribution in [0.5, 0.6) is 5.75 Å². The molecule has 0 fully saturated rings. The molecule has 11 heteroatoms. The molecule has 3 rings (SSSR count). The van der Waals surface area contributed by atoms with Crippen LogP contribution in [-0.4, -0.2) is 51.6 Å². The zero-order valence-corrected chi connectivity index (χ0v) is 17.7. The summed E-state index contributed by atoms with van der Waals surface area (Å²) in [6.07, 6.45) is 0.0730. The number of nitrogens with zero attached hydrogens (tertiary/aromatic N) is 4. The molecule has 3 aromatic rings. The number of esters is 1. The number of thiazole rings is 1. The molecular weight excluding hydrogens is 414 g/mol. The summed E-state index contributed by atoms with van der Waals surface area (Å²) in [5.41, 5.74) is 1.43. The number of carbonyl (C=O) groups is 2. The van der Waals surface area contributed by atoms with Crippen LogP contribution in [0.3, 0.4) is 0 Å². The molecule has 0 saturated carbocycles. The van der Waals surface area contributed by atoms with Crippen LogP contribution in [-0.2, 0) is 27.8 Å². The highest BCUT2D eigenvalue weighted by Gasteiger charge is 2.15. The Bertz CT molecular complexity index is 1020. The highest BCUT2D eigenvalue weighted by molar-refractivity contribution is 7.99. The largest absolute Gasteiger partial charge is 0.497 e. The fourth-order valence-electron chi connectivity index (χ4n) is 2.41. The summed E-state index contributed by atoms with van der Waals surface area (Å²) in [5.74, 6) is 0.960. The first-order valence-corrected chi connectivity index (χ1v) is 10.3. The van der Waals surface area contributed by atoms with Crippen molar-refractivity contribution in [2.24, 2.45) is 7.05 Å². The number of nitrogens with one attached hydrogen (secondary N) is 1. The van der Waals surface area contributed by atoms with Crippen molar-refractivity contribution in [2.45, 2.75) is 11.6 Å². The van der Waals surface area contributed by atoms with Gasteiger partial charge in [0.1, 0.15) is 5.75 Å². The Hall–Kier alpha value is -2.92. The highest BCUT2D eigenvalue weighted by atomic mass is 32.2. The SMILES string of the molecule is COC(=O)Cc1csc(NC(=O)CSc2nnc(-c3cccc(OC)c3)n2C)n1. The van der Waals surface area contributed by atoms with Crippen molar-refractivity contribution in [2.75, 3.05) is 25.3 Å². The summed E-state index contributed by atoms with van der Waals surface area (Å²) >= 11 is 2.52. The molecule has 0 aliphatic heterocycles. The lowest BCUT2D eigenvalue weighted by atomic mass is 10.2. The lowest BCUT2D eigenvalue weighted by Crippen LogP contribution is -2.14. The van der Waals surface area contributed by atoms with Crippen LogP contribution in [0.1, 0.15) is 5.69 Å². The molecule has 2 heterocycles. The second-order valence-corrected chi connectivity index (χ2v) is 7.63. The number of methoxy groups -OCH3 is 2. The van der Waals surface area contributed by atoms with Gasteiger partial charge in [0, 0.05) is 18.0 Å². The van der Waals surface area contributed by atoms with Crippen molar-refractivity contribution in [3.63, 3.8) is 0 Å². The molecule has 0 saturated heterocycles. The topological polar surface area (TPSA) is 108 Å². The first-order valence-electron chi connectivity index (χ1n) is 8.48. The van der Waals surface area contributed by atoms with Crippen LogP contribution in [0.15, 0.2) is 34.8 Å². The number of rotatable bonds is 8. The third-order valence-electron chi connectivity index (χ3n) is 3.85. The number of benzene rings is 1. The number of carbonyl (C=O) groups excluding carboxylic acids is 2. The fraction of sp³-hybridized carbons (Fsp3) is 0.278. The van der Waals surface area contributed by atoms with E-state index in [0.717, 1.165) is 11.3 Å². The molecule has 0 unspecified atom stereocenters. The summed E-state index contributed by atoms with van der Waals surface area (Å²) in [6.45, 7) is 0. The van der Waals surface area contributed by atoms with E-state index in [0.29, 0.717) is 21.8 Å². The van der Waals surface area contributed by atoms with E-state index < -0.39 is 0 Å². The monoisotopic (exact) mass is 433 g/mol. The maximum atomic E-state index is 12.2. The van der Waals surface area contributed by atoms with Gasteiger partial charge in [-0.3, -0.25) is 9.59 Å². The molecule has 152 valence electrons. The summed E-state index contributed by atoms with van der Waals surface area (Å²) in [7, 11) is 4.77. The number of hydrogen-bond donors (Lipinski definition) is 1. The quantitative estimate of drug-likeness (QED) is 0.426. The standard InChI is InChI=1S/C18H19N5O4S2/c1-23-16(11-5-4-6-13(7-11)26-2)21-22-18(23)29-10-14(24)20-17-19-12(9-28-17)8-15(25)27-3/h4-7,9H,8,10H2,1-3H3,(H,19,20,24). The van der Waals surface area contributed by atoms with E-state index in [2.05, 4.69) is 25.2 Å². The number of ether oxygens (including phenoxy) is 2. The van der Waals surface area contributed by atoms with Crippen molar-refractivity contribution in [1.29, 1.82) is 0 Å². The number of thioether (sulfide) groups is 1. The average Bonchev–Trinajstić information content (AvgIpc) is 3.32. The van der Waals surface area contributed by atoms with Crippen molar-refractivity contribution >= 4 is 40.1 Å². The normalized spacial score (nSPS) is 10.6. The molecular formula is C18H19N5O4S2. The van der Waals surface area contributed by atoms with Gasteiger partial charge in [-0.25, -0.2) is 4.98 Å². The van der Waals surface area contributed by atoms with Crippen LogP contribution in [0.2, 0.25) is 0 Å². The third-order valence-corrected chi connectivity index (χ3v) is 5.67. The summed E-state index contributed by atoms with van der Waals surface area (Å²) < 4.78 is 11.7. The molecule has 0 radical (unpaired) electrons. The van der Waals surface area contributed by atoms with Crippen LogP contribution < -0.4 is 10.1 Å². The Labute approximate surface area is 175 Å². The van der Waals surface area contributed by atoms with Crippen LogP contribution in [0.25, 0.3) is 11.4 Å². The summed E-state index contributed by atoms with van der Waals surface area (Å²) in [6, 6.07) is 7.53. The Morgan fingerprint density at radius 3 is 2.86 bits per heavy atom. The zero-order valence-electron chi connectivity index (χ0n) is 16.0. The lowest BCUT2D eigenvalue weighted by Gasteiger charge is -2.05. The van der Waals surface area contributed by atoms with Crippen molar-refractivity contribution in [3.8, 4) is 17.1 Å². The zero-order chi connectivity index (χ0) is 20.8. The second-order valence-electron chi connectivity index (χ2n) is 5.83. The molecule has 9 nitrogen and oxygen atoms in total. The Morgan fingerprint density at radius 1 is 1.28 bits per heavy atom. The molecule has 1 aromatic carbocycles. The van der Waals surface area contributed by atoms with E-state index in [1.54, 1.807) is 12.5 Å². The lowest BCUT2D eigenvalue weighted by molar-refractivity contribution is -0.139. The van der Waals surface area contributed by atoms with Crippen LogP contribution in [0.4, 0.5) is 5.13 Å². The first-order chi connectivity index (χ1) is 14.0. The molecule has 0 aliphatic carbocycles. The predicted molar refractivity (Wildman–Crippen MR) is 110 cm³/mol. The maximum absolute atomic E-state index is 12.2. The van der Waals surface area contributed by atoms with Gasteiger partial charge >= 0.3 is 5.97 Å². The molecule has 29 heavy (non-hydrogen) atoms. The Kier molecular flexibility index (Phi) is 6.83. The van der Waals surface area contributed by atoms with E-state index >= 15 is 0 Å². The molecule has 0 aliphatic rings. The summed E-state index contributed by atoms with van der Waals surface area (Å²) in [4.78, 5) is 27.7. The first kappa shape index (κ1) is 20.8. The molecule has 0 atom stereocenters. The Balaban J connectivity index is 1.58. The third kappa shape index (κ3) is 5.33. The van der Waals surface area contributed by atoms with Gasteiger partial charge in [-0.05, 0) is 12.1 Å². The van der Waals surface area contributed by atoms with Gasteiger partial charge < -0.3 is 19.4 Å². The minimum atomic E-state index is -0.377. The summed E-state index contributed by atoms with van der Waals surface area (Å²) in [5, 5.41) is 13.9. The van der Waals surface area contributed by atoms with Crippen LogP contribution in [0, 0.1) is 0 Å². The molecule has 1 amide bonds. The van der Waals surface area contributed by atoms with Gasteiger partial charge in [0.25, 0.3) is 0 Å². The van der Waals surface area contributed by atoms with Crippen molar-refractivity contribution in [1.82, 2.24) is 19.7 Å². The fourth-order valence-corrected chi connectivity index (χ4v) is 3.84. The van der Waals surface area contributed by atoms with Crippen molar-refractivity contribution < 1.29 is 19.1 Å². The number of hydrogen-bond acceptors (Lipinski definition) is 9. The maximum Gasteiger partial charge on any atom is 0.311 e. The highest BCUT2D eigenvalue weighted by Crippen LogP contribution is 2.25. The number of aromatic nitrogens is 4. The molecule has 1 N–H and O–H groups in total. The number of anilines is 1. The van der Waals surface area contributed by atoms with E-state index in [1.165, 1.54) is 30.2 Å². The minimum absolute atomic E-state index is 0.0730. The average molecular weight is 434 g/mol. The van der Waals surface area contributed by atoms with Gasteiger partial charge in [0.2, 0.25) is 5.91 Å². The minimum Gasteiger partial charge on any atom is -0.497 e. The molecule has 0 spiro atoms. The smallest absolute Gasteiger partial charge is 0.311 e. The predicted octanol–water partition coefficient (Wildman–Crippen LogP) is 2.39. The second kappa shape index (κ2) is 9.52. The molecule has 2 aromatic heterocycles. The number of amides is 1. The van der Waals surface area contributed by atoms with E-state index in [9.17, 15) is 9.59 Å². The van der Waals surface area contributed by atoms with Crippen molar-refractivity contribution in [3.05, 3.63) is 35.3 Å². The van der Waals surface area contributed by atoms with Gasteiger partial charge in [0.15, 0.2) is 16.1 Å².